The van der Waals surface area contributed by atoms with Gasteiger partial charge in [-0.15, -0.1) is 0 Å². The Hall–Kier alpha value is -4.96. The second kappa shape index (κ2) is 14.7. The molecular weight excluding hydrogens is 620 g/mol. The number of aromatic nitrogens is 3. The fourth-order valence-corrected chi connectivity index (χ4v) is 6.94. The van der Waals surface area contributed by atoms with Gasteiger partial charge in [0.25, 0.3) is 5.91 Å². The molecule has 2 saturated heterocycles. The quantitative estimate of drug-likeness (QED) is 0.195. The lowest BCUT2D eigenvalue weighted by Gasteiger charge is -2.43. The number of nitrogen functional groups attached to an aromatic ring is 1. The molecular formula is C37H44N8O4. The number of nitrogens with two attached hydrogens (primary N) is 1. The van der Waals surface area contributed by atoms with Crippen LogP contribution in [0.1, 0.15) is 32.7 Å². The second-order valence-corrected chi connectivity index (χ2v) is 13.2. The summed E-state index contributed by atoms with van der Waals surface area (Å²) in [6.07, 6.45) is 4.78. The largest absolute Gasteiger partial charge is 0.457 e. The summed E-state index contributed by atoms with van der Waals surface area (Å²) in [5.74, 6) is 1.26. The number of methoxy groups -OCH3 is 1. The van der Waals surface area contributed by atoms with Crippen molar-refractivity contribution in [3.63, 3.8) is 0 Å². The van der Waals surface area contributed by atoms with Crippen LogP contribution in [-0.4, -0.2) is 99.8 Å². The van der Waals surface area contributed by atoms with Crippen molar-refractivity contribution in [2.45, 2.75) is 38.3 Å². The van der Waals surface area contributed by atoms with Crippen molar-refractivity contribution in [1.29, 1.82) is 5.26 Å². The number of hydrogen-bond donors (Lipinski definition) is 1. The fraction of sp³-hybridized carbons (Fsp3) is 0.405. The Bertz CT molecular complexity index is 1900. The first-order chi connectivity index (χ1) is 23.7. The van der Waals surface area contributed by atoms with E-state index in [2.05, 4.69) is 34.7 Å². The lowest BCUT2D eigenvalue weighted by atomic mass is 9.96. The fourth-order valence-electron chi connectivity index (χ4n) is 6.94. The van der Waals surface area contributed by atoms with Gasteiger partial charge in [-0.05, 0) is 75.2 Å². The zero-order valence-electron chi connectivity index (χ0n) is 28.4. The molecule has 2 aromatic heterocycles. The number of likely N-dealkylation sites (tertiary alicyclic amines) is 1. The Kier molecular flexibility index (Phi) is 10.1. The first kappa shape index (κ1) is 33.9. The predicted molar refractivity (Wildman–Crippen MR) is 189 cm³/mol. The van der Waals surface area contributed by atoms with Crippen LogP contribution in [0.2, 0.25) is 0 Å². The van der Waals surface area contributed by atoms with E-state index in [4.69, 9.17) is 15.2 Å². The van der Waals surface area contributed by atoms with Crippen molar-refractivity contribution in [2.75, 3.05) is 65.3 Å². The molecule has 4 heterocycles. The molecule has 0 spiro atoms. The number of hydrogen-bond acceptors (Lipinski definition) is 9. The topological polar surface area (TPSA) is 135 Å². The number of nitrogens with zero attached hydrogens (tertiary/aromatic N) is 7. The van der Waals surface area contributed by atoms with Gasteiger partial charge < -0.3 is 20.1 Å². The number of amides is 1. The van der Waals surface area contributed by atoms with Crippen LogP contribution >= 0.6 is 0 Å². The van der Waals surface area contributed by atoms with Crippen molar-refractivity contribution in [3.8, 4) is 23.3 Å². The highest BCUT2D eigenvalue weighted by molar-refractivity contribution is 5.97. The van der Waals surface area contributed by atoms with Gasteiger partial charge in [-0.2, -0.15) is 5.26 Å². The molecule has 1 amide bonds. The standard InChI is InChI=1S/C37H44N8O4/c1-37(2,43-20-18-41(19-21-43)22-23-48-3)24-27(25-38)35(46)42-17-7-8-29(26-42)44-32-15-16-40-34(39)33(32)45(36(44)47)28-11-13-31(14-12-28)49-30-9-5-4-6-10-30/h4-6,9-16,24,29H,7-8,17-23,26H2,1-3H3,(H2,39,40). The highest BCUT2D eigenvalue weighted by atomic mass is 16.5. The number of carbonyl (C=O) groups is 1. The number of pyridine rings is 1. The van der Waals surface area contributed by atoms with E-state index in [1.807, 2.05) is 54.6 Å². The van der Waals surface area contributed by atoms with Crippen molar-refractivity contribution >= 4 is 22.8 Å². The van der Waals surface area contributed by atoms with Gasteiger partial charge in [-0.25, -0.2) is 9.78 Å². The minimum atomic E-state index is -0.486. The van der Waals surface area contributed by atoms with E-state index in [1.165, 1.54) is 0 Å². The molecule has 49 heavy (non-hydrogen) atoms. The van der Waals surface area contributed by atoms with Crippen LogP contribution in [0.15, 0.2) is 83.3 Å². The molecule has 1 unspecified atom stereocenters. The smallest absolute Gasteiger partial charge is 0.334 e. The van der Waals surface area contributed by atoms with Crippen molar-refractivity contribution in [2.24, 2.45) is 0 Å². The third kappa shape index (κ3) is 7.24. The summed E-state index contributed by atoms with van der Waals surface area (Å²) in [6.45, 7) is 9.95. The molecule has 2 aromatic carbocycles. The molecule has 0 aliphatic carbocycles. The average Bonchev–Trinajstić information content (AvgIpc) is 3.43. The van der Waals surface area contributed by atoms with E-state index < -0.39 is 5.54 Å². The lowest BCUT2D eigenvalue weighted by Crippen LogP contribution is -2.54. The number of anilines is 1. The molecule has 12 heteroatoms. The maximum absolute atomic E-state index is 14.3. The number of para-hydroxylation sites is 1. The molecule has 12 nitrogen and oxygen atoms in total. The van der Waals surface area contributed by atoms with Gasteiger partial charge in [0.2, 0.25) is 0 Å². The van der Waals surface area contributed by atoms with Gasteiger partial charge in [-0.3, -0.25) is 23.7 Å². The van der Waals surface area contributed by atoms with Crippen LogP contribution in [0.3, 0.4) is 0 Å². The van der Waals surface area contributed by atoms with Crippen LogP contribution in [0.25, 0.3) is 16.7 Å². The van der Waals surface area contributed by atoms with Crippen LogP contribution < -0.4 is 16.2 Å². The van der Waals surface area contributed by atoms with Crippen LogP contribution in [0.4, 0.5) is 5.82 Å². The van der Waals surface area contributed by atoms with Crippen LogP contribution in [0.5, 0.6) is 11.5 Å². The van der Waals surface area contributed by atoms with E-state index in [1.54, 1.807) is 39.5 Å². The van der Waals surface area contributed by atoms with E-state index in [0.717, 1.165) is 32.7 Å². The summed E-state index contributed by atoms with van der Waals surface area (Å²) in [5.41, 5.74) is 7.52. The van der Waals surface area contributed by atoms with Crippen LogP contribution in [-0.2, 0) is 9.53 Å². The molecule has 0 saturated carbocycles. The number of fused-ring (bicyclic) bond motifs is 1. The lowest BCUT2D eigenvalue weighted by molar-refractivity contribution is -0.128. The van der Waals surface area contributed by atoms with Gasteiger partial charge in [0.1, 0.15) is 34.5 Å². The highest BCUT2D eigenvalue weighted by Crippen LogP contribution is 2.30. The van der Waals surface area contributed by atoms with E-state index in [0.29, 0.717) is 60.8 Å². The summed E-state index contributed by atoms with van der Waals surface area (Å²) in [7, 11) is 1.71. The Morgan fingerprint density at radius 2 is 1.76 bits per heavy atom. The molecule has 2 N–H and O–H groups in total. The normalized spacial score (nSPS) is 18.0. The molecule has 2 aliphatic rings. The van der Waals surface area contributed by atoms with E-state index >= 15 is 0 Å². The molecule has 4 aromatic rings. The number of piperidine rings is 1. The van der Waals surface area contributed by atoms with Crippen molar-refractivity contribution < 1.29 is 14.3 Å². The number of nitriles is 1. The minimum absolute atomic E-state index is 0.119. The zero-order chi connectivity index (χ0) is 34.5. The number of imidazole rings is 1. The van der Waals surface area contributed by atoms with Crippen molar-refractivity contribution in [1.82, 2.24) is 28.8 Å². The third-order valence-electron chi connectivity index (χ3n) is 9.58. The maximum Gasteiger partial charge on any atom is 0.334 e. The molecule has 0 bridgehead atoms. The van der Waals surface area contributed by atoms with Crippen molar-refractivity contribution in [3.05, 3.63) is 89.0 Å². The highest BCUT2D eigenvalue weighted by Gasteiger charge is 2.33. The first-order valence-corrected chi connectivity index (χ1v) is 16.8. The maximum atomic E-state index is 14.3. The number of carbonyl (C=O) groups excluding carboxylic acids is 1. The molecule has 6 rings (SSSR count). The summed E-state index contributed by atoms with van der Waals surface area (Å²) >= 11 is 0. The van der Waals surface area contributed by atoms with Gasteiger partial charge in [0, 0.05) is 64.7 Å². The minimum Gasteiger partial charge on any atom is -0.457 e. The number of benzene rings is 2. The van der Waals surface area contributed by atoms with E-state index in [9.17, 15) is 14.9 Å². The Morgan fingerprint density at radius 1 is 1.04 bits per heavy atom. The molecule has 256 valence electrons. The molecule has 2 fully saturated rings. The van der Waals surface area contributed by atoms with Gasteiger partial charge in [0.15, 0.2) is 0 Å². The zero-order valence-corrected chi connectivity index (χ0v) is 28.4. The Labute approximate surface area is 286 Å². The first-order valence-electron chi connectivity index (χ1n) is 16.8. The third-order valence-corrected chi connectivity index (χ3v) is 9.58. The van der Waals surface area contributed by atoms with E-state index in [-0.39, 0.29) is 29.0 Å². The van der Waals surface area contributed by atoms with Gasteiger partial charge >= 0.3 is 5.69 Å². The number of rotatable bonds is 10. The summed E-state index contributed by atoms with van der Waals surface area (Å²) in [5, 5.41) is 10.2. The summed E-state index contributed by atoms with van der Waals surface area (Å²) in [4.78, 5) is 38.8. The summed E-state index contributed by atoms with van der Waals surface area (Å²) < 4.78 is 14.5. The number of piperazine rings is 1. The number of ether oxygens (including phenoxy) is 2. The predicted octanol–water partition coefficient (Wildman–Crippen LogP) is 4.22. The SMILES string of the molecule is COCCN1CCN(C(C)(C)C=C(C#N)C(=O)N2CCCC(n3c(=O)n(-c4ccc(Oc5ccccc5)cc4)c4c(N)nccc43)C2)CC1. The molecule has 1 atom stereocenters. The van der Waals surface area contributed by atoms with Gasteiger partial charge in [-0.1, -0.05) is 18.2 Å². The summed E-state index contributed by atoms with van der Waals surface area (Å²) in [6, 6.07) is 20.4. The Morgan fingerprint density at radius 3 is 2.45 bits per heavy atom. The Balaban J connectivity index is 1.23. The second-order valence-electron chi connectivity index (χ2n) is 13.2. The van der Waals surface area contributed by atoms with Gasteiger partial charge in [0.05, 0.1) is 23.9 Å². The monoisotopic (exact) mass is 664 g/mol. The molecule has 0 radical (unpaired) electrons. The van der Waals surface area contributed by atoms with Crippen LogP contribution in [0, 0.1) is 11.3 Å². The molecule has 2 aliphatic heterocycles. The average molecular weight is 665 g/mol.